The lowest BCUT2D eigenvalue weighted by Gasteiger charge is -2.38. The SMILES string of the molecule is [CH2][CH]N(CCC)Cc1nnc2c3cc(-c4ccccc4)c(-c4ccc(C5(N)CCC5)cc4)nc3ccn12. The lowest BCUT2D eigenvalue weighted by Crippen LogP contribution is -2.43. The fourth-order valence-electron chi connectivity index (χ4n) is 5.32. The van der Waals surface area contributed by atoms with Crippen LogP contribution in [0.2, 0.25) is 0 Å². The minimum atomic E-state index is -0.174. The van der Waals surface area contributed by atoms with Gasteiger partial charge in [0.1, 0.15) is 0 Å². The fraction of sp³-hybridized carbons (Fsp3) is 0.258. The second-order valence-electron chi connectivity index (χ2n) is 10.0. The van der Waals surface area contributed by atoms with E-state index in [4.69, 9.17) is 10.7 Å². The first-order chi connectivity index (χ1) is 18.1. The summed E-state index contributed by atoms with van der Waals surface area (Å²) < 4.78 is 2.07. The van der Waals surface area contributed by atoms with Gasteiger partial charge in [0.25, 0.3) is 0 Å². The van der Waals surface area contributed by atoms with Crippen LogP contribution in [0.4, 0.5) is 0 Å². The van der Waals surface area contributed by atoms with E-state index in [2.05, 4.69) is 94.0 Å². The van der Waals surface area contributed by atoms with E-state index < -0.39 is 0 Å². The summed E-state index contributed by atoms with van der Waals surface area (Å²) >= 11 is 0. The number of benzene rings is 2. The zero-order valence-corrected chi connectivity index (χ0v) is 21.3. The van der Waals surface area contributed by atoms with E-state index in [1.807, 2.05) is 18.8 Å². The summed E-state index contributed by atoms with van der Waals surface area (Å²) in [5.74, 6) is 0.887. The van der Waals surface area contributed by atoms with Gasteiger partial charge in [0.05, 0.1) is 17.8 Å². The average Bonchev–Trinajstić information content (AvgIpc) is 3.34. The molecular weight excluding hydrogens is 456 g/mol. The van der Waals surface area contributed by atoms with Gasteiger partial charge in [-0.1, -0.05) is 61.5 Å². The Morgan fingerprint density at radius 1 is 1.03 bits per heavy atom. The number of hydrogen-bond donors (Lipinski definition) is 1. The number of rotatable bonds is 8. The Kier molecular flexibility index (Phi) is 6.22. The standard InChI is InChI=1S/C31H32N6/c1-3-18-36(4-2)21-28-34-35-30-26-20-25(22-9-6-5-7-10-22)29(33-27(26)15-19-37(28)30)23-11-13-24(14-12-23)31(32)16-8-17-31/h4-7,9-15,19-20H,2-3,8,16-18,21,32H2,1H3. The minimum Gasteiger partial charge on any atom is -0.321 e. The molecule has 5 aromatic rings. The van der Waals surface area contributed by atoms with Crippen molar-refractivity contribution in [1.82, 2.24) is 24.5 Å². The lowest BCUT2D eigenvalue weighted by atomic mass is 9.72. The molecule has 0 saturated heterocycles. The lowest BCUT2D eigenvalue weighted by molar-refractivity contribution is 0.253. The Balaban J connectivity index is 1.48. The van der Waals surface area contributed by atoms with E-state index in [0.717, 1.165) is 70.6 Å². The van der Waals surface area contributed by atoms with Crippen molar-refractivity contribution in [2.75, 3.05) is 6.54 Å². The molecule has 0 bridgehead atoms. The molecule has 0 amide bonds. The monoisotopic (exact) mass is 488 g/mol. The molecule has 0 atom stereocenters. The van der Waals surface area contributed by atoms with Crippen LogP contribution < -0.4 is 5.73 Å². The van der Waals surface area contributed by atoms with Crippen molar-refractivity contribution in [2.24, 2.45) is 5.73 Å². The van der Waals surface area contributed by atoms with Crippen LogP contribution in [-0.2, 0) is 12.1 Å². The molecule has 0 aliphatic heterocycles. The Bertz CT molecular complexity index is 1530. The molecule has 2 N–H and O–H groups in total. The molecule has 2 radical (unpaired) electrons. The van der Waals surface area contributed by atoms with Crippen molar-refractivity contribution in [3.63, 3.8) is 0 Å². The fourth-order valence-corrected chi connectivity index (χ4v) is 5.32. The molecule has 3 aromatic heterocycles. The summed E-state index contributed by atoms with van der Waals surface area (Å²) in [6, 6.07) is 23.4. The highest BCUT2D eigenvalue weighted by atomic mass is 15.3. The molecule has 6 rings (SSSR count). The number of hydrogen-bond acceptors (Lipinski definition) is 5. The number of pyridine rings is 2. The van der Waals surface area contributed by atoms with Gasteiger partial charge in [-0.25, -0.2) is 4.98 Å². The first-order valence-corrected chi connectivity index (χ1v) is 13.1. The highest BCUT2D eigenvalue weighted by Gasteiger charge is 2.34. The molecule has 1 saturated carbocycles. The number of aromatic nitrogens is 4. The Labute approximate surface area is 218 Å². The van der Waals surface area contributed by atoms with Gasteiger partial charge in [-0.3, -0.25) is 9.30 Å². The second-order valence-corrected chi connectivity index (χ2v) is 10.0. The van der Waals surface area contributed by atoms with Crippen LogP contribution in [-0.4, -0.2) is 31.0 Å². The topological polar surface area (TPSA) is 72.3 Å². The largest absolute Gasteiger partial charge is 0.321 e. The van der Waals surface area contributed by atoms with Crippen LogP contribution in [0.3, 0.4) is 0 Å². The smallest absolute Gasteiger partial charge is 0.170 e. The van der Waals surface area contributed by atoms with Gasteiger partial charge >= 0.3 is 0 Å². The normalized spacial score (nSPS) is 14.9. The van der Waals surface area contributed by atoms with Gasteiger partial charge < -0.3 is 5.73 Å². The summed E-state index contributed by atoms with van der Waals surface area (Å²) in [5.41, 5.74) is 13.5. The molecule has 3 heterocycles. The highest BCUT2D eigenvalue weighted by molar-refractivity contribution is 5.98. The second kappa shape index (κ2) is 9.69. The molecular formula is C31H32N6. The maximum Gasteiger partial charge on any atom is 0.170 e. The summed E-state index contributed by atoms with van der Waals surface area (Å²) in [5, 5.41) is 10.1. The molecule has 37 heavy (non-hydrogen) atoms. The Hall–Kier alpha value is -3.61. The van der Waals surface area contributed by atoms with Crippen LogP contribution in [0.5, 0.6) is 0 Å². The van der Waals surface area contributed by atoms with E-state index in [1.54, 1.807) is 0 Å². The van der Waals surface area contributed by atoms with E-state index in [-0.39, 0.29) is 5.54 Å². The van der Waals surface area contributed by atoms with E-state index >= 15 is 0 Å². The van der Waals surface area contributed by atoms with Crippen LogP contribution in [0.25, 0.3) is 38.9 Å². The third kappa shape index (κ3) is 4.30. The predicted octanol–water partition coefficient (Wildman–Crippen LogP) is 6.16. The Morgan fingerprint density at radius 3 is 2.49 bits per heavy atom. The van der Waals surface area contributed by atoms with Crippen LogP contribution in [0.15, 0.2) is 72.9 Å². The van der Waals surface area contributed by atoms with Crippen LogP contribution in [0, 0.1) is 13.5 Å². The summed E-state index contributed by atoms with van der Waals surface area (Å²) in [7, 11) is 0. The van der Waals surface area contributed by atoms with Crippen LogP contribution >= 0.6 is 0 Å². The van der Waals surface area contributed by atoms with Crippen molar-refractivity contribution in [3.8, 4) is 22.4 Å². The van der Waals surface area contributed by atoms with Crippen molar-refractivity contribution >= 4 is 16.6 Å². The third-order valence-electron chi connectivity index (χ3n) is 7.62. The molecule has 1 fully saturated rings. The summed E-state index contributed by atoms with van der Waals surface area (Å²) in [6.45, 7) is 9.58. The van der Waals surface area contributed by atoms with Crippen molar-refractivity contribution in [2.45, 2.75) is 44.7 Å². The molecule has 6 nitrogen and oxygen atoms in total. The minimum absolute atomic E-state index is 0.174. The van der Waals surface area contributed by atoms with Gasteiger partial charge in [0, 0.05) is 34.8 Å². The molecule has 2 aromatic carbocycles. The molecule has 1 aliphatic rings. The maximum atomic E-state index is 6.58. The maximum absolute atomic E-state index is 6.58. The van der Waals surface area contributed by atoms with Gasteiger partial charge in [-0.05, 0) is 62.4 Å². The van der Waals surface area contributed by atoms with E-state index in [0.29, 0.717) is 6.54 Å². The predicted molar refractivity (Wildman–Crippen MR) is 149 cm³/mol. The van der Waals surface area contributed by atoms with Crippen LogP contribution in [0.1, 0.15) is 44.0 Å². The summed E-state index contributed by atoms with van der Waals surface area (Å²) in [6.07, 6.45) is 6.37. The quantitative estimate of drug-likeness (QED) is 0.283. The van der Waals surface area contributed by atoms with Crippen molar-refractivity contribution in [1.29, 1.82) is 0 Å². The van der Waals surface area contributed by atoms with Crippen molar-refractivity contribution in [3.05, 3.63) is 97.8 Å². The molecule has 1 aliphatic carbocycles. The van der Waals surface area contributed by atoms with Crippen molar-refractivity contribution < 1.29 is 0 Å². The van der Waals surface area contributed by atoms with E-state index in [9.17, 15) is 0 Å². The molecule has 186 valence electrons. The zero-order valence-electron chi connectivity index (χ0n) is 21.3. The molecule has 0 spiro atoms. The first kappa shape index (κ1) is 23.8. The average molecular weight is 489 g/mol. The number of fused-ring (bicyclic) bond motifs is 3. The summed E-state index contributed by atoms with van der Waals surface area (Å²) in [4.78, 5) is 7.34. The van der Waals surface area contributed by atoms with Gasteiger partial charge in [0.2, 0.25) is 0 Å². The Morgan fingerprint density at radius 2 is 1.81 bits per heavy atom. The van der Waals surface area contributed by atoms with Gasteiger partial charge in [-0.15, -0.1) is 10.2 Å². The third-order valence-corrected chi connectivity index (χ3v) is 7.62. The molecule has 6 heteroatoms. The number of nitrogens with two attached hydrogens (primary N) is 1. The van der Waals surface area contributed by atoms with Gasteiger partial charge in [-0.2, -0.15) is 0 Å². The van der Waals surface area contributed by atoms with Gasteiger partial charge in [0.15, 0.2) is 11.5 Å². The van der Waals surface area contributed by atoms with E-state index in [1.165, 1.54) is 12.0 Å². The molecule has 0 unspecified atom stereocenters. The number of nitrogens with zero attached hydrogens (tertiary/aromatic N) is 5. The highest BCUT2D eigenvalue weighted by Crippen LogP contribution is 2.40. The first-order valence-electron chi connectivity index (χ1n) is 13.1. The zero-order chi connectivity index (χ0) is 25.4.